The van der Waals surface area contributed by atoms with Gasteiger partial charge in [-0.25, -0.2) is 0 Å². The Kier molecular flexibility index (Phi) is 4.66. The fourth-order valence-electron chi connectivity index (χ4n) is 0.988. The van der Waals surface area contributed by atoms with E-state index in [0.717, 1.165) is 3.57 Å². The topological polar surface area (TPSA) is 26.3 Å². The van der Waals surface area contributed by atoms with Crippen molar-refractivity contribution in [2.24, 2.45) is 0 Å². The van der Waals surface area contributed by atoms with Gasteiger partial charge in [-0.05, 0) is 34.7 Å². The third kappa shape index (κ3) is 2.61. The molecule has 0 atom stereocenters. The Hall–Kier alpha value is 0.190. The highest BCUT2D eigenvalue weighted by molar-refractivity contribution is 14.1. The predicted molar refractivity (Wildman–Crippen MR) is 68.8 cm³/mol. The minimum absolute atomic E-state index is 0.00444. The highest BCUT2D eigenvalue weighted by atomic mass is 127. The molecule has 0 spiro atoms. The molecule has 0 radical (unpaired) electrons. The zero-order valence-electron chi connectivity index (χ0n) is 7.31. The van der Waals surface area contributed by atoms with Gasteiger partial charge in [-0.3, -0.25) is 4.79 Å². The molecule has 0 heterocycles. The van der Waals surface area contributed by atoms with Crippen LogP contribution in [0.2, 0.25) is 5.02 Å². The predicted octanol–water partition coefficient (Wildman–Crippen LogP) is 3.53. The molecule has 5 heteroatoms. The number of Topliss-reactive ketones (excluding diaryl/α,β-unsaturated/α-hetero) is 1. The van der Waals surface area contributed by atoms with E-state index in [0.29, 0.717) is 16.3 Å². The summed E-state index contributed by atoms with van der Waals surface area (Å²) in [6.45, 7) is 0. The molecule has 0 amide bonds. The second kappa shape index (κ2) is 5.32. The molecule has 1 aromatic rings. The summed E-state index contributed by atoms with van der Waals surface area (Å²) < 4.78 is 5.89. The summed E-state index contributed by atoms with van der Waals surface area (Å²) in [5.74, 6) is 0.623. The lowest BCUT2D eigenvalue weighted by Crippen LogP contribution is -2.04. The number of methoxy groups -OCH3 is 1. The number of rotatable bonds is 3. The van der Waals surface area contributed by atoms with Crippen molar-refractivity contribution in [2.45, 2.75) is 0 Å². The van der Waals surface area contributed by atoms with Crippen molar-refractivity contribution in [3.8, 4) is 5.75 Å². The zero-order chi connectivity index (χ0) is 10.7. The molecule has 0 aliphatic heterocycles. The van der Waals surface area contributed by atoms with E-state index in [1.54, 1.807) is 19.2 Å². The number of carbonyl (C=O) groups is 1. The largest absolute Gasteiger partial charge is 0.496 e. The maximum Gasteiger partial charge on any atom is 0.174 e. The summed E-state index contributed by atoms with van der Waals surface area (Å²) in [7, 11) is 1.55. The van der Waals surface area contributed by atoms with Gasteiger partial charge in [0.15, 0.2) is 5.78 Å². The van der Waals surface area contributed by atoms with Crippen molar-refractivity contribution >= 4 is 55.9 Å². The highest BCUT2D eigenvalue weighted by Gasteiger charge is 2.13. The monoisotopic (exact) mass is 388 g/mol. The van der Waals surface area contributed by atoms with Gasteiger partial charge in [-0.2, -0.15) is 0 Å². The van der Waals surface area contributed by atoms with E-state index in [2.05, 4.69) is 38.5 Å². The molecule has 0 saturated carbocycles. The van der Waals surface area contributed by atoms with Crippen LogP contribution >= 0.6 is 50.1 Å². The van der Waals surface area contributed by atoms with Crippen LogP contribution in [0.3, 0.4) is 0 Å². The molecule has 76 valence electrons. The minimum Gasteiger partial charge on any atom is -0.496 e. The van der Waals surface area contributed by atoms with Crippen molar-refractivity contribution < 1.29 is 9.53 Å². The maximum absolute atomic E-state index is 11.5. The first-order valence-corrected chi connectivity index (χ1v) is 6.30. The van der Waals surface area contributed by atoms with Gasteiger partial charge < -0.3 is 4.74 Å². The first kappa shape index (κ1) is 12.3. The van der Waals surface area contributed by atoms with Crippen LogP contribution in [0, 0.1) is 3.57 Å². The lowest BCUT2D eigenvalue weighted by Gasteiger charge is -2.08. The number of alkyl halides is 1. The van der Waals surface area contributed by atoms with Gasteiger partial charge in [0.1, 0.15) is 5.75 Å². The van der Waals surface area contributed by atoms with E-state index in [9.17, 15) is 4.79 Å². The smallest absolute Gasteiger partial charge is 0.174 e. The van der Waals surface area contributed by atoms with Gasteiger partial charge in [-0.15, -0.1) is 0 Å². The number of halogens is 3. The molecule has 0 aliphatic carbocycles. The summed E-state index contributed by atoms with van der Waals surface area (Å²) >= 11 is 11.0. The lowest BCUT2D eigenvalue weighted by molar-refractivity contribution is 0.102. The maximum atomic E-state index is 11.5. The fourth-order valence-corrected chi connectivity index (χ4v) is 2.33. The quantitative estimate of drug-likeness (QED) is 0.449. The molecule has 14 heavy (non-hydrogen) atoms. The van der Waals surface area contributed by atoms with E-state index in [4.69, 9.17) is 16.3 Å². The Balaban J connectivity index is 3.29. The van der Waals surface area contributed by atoms with Gasteiger partial charge in [0, 0.05) is 10.6 Å². The molecule has 0 N–H and O–H groups in total. The highest BCUT2D eigenvalue weighted by Crippen LogP contribution is 2.29. The average molecular weight is 389 g/mol. The van der Waals surface area contributed by atoms with Crippen LogP contribution in [0.15, 0.2) is 12.1 Å². The number of carbonyl (C=O) groups excluding carboxylic acids is 1. The van der Waals surface area contributed by atoms with Crippen molar-refractivity contribution in [3.63, 3.8) is 0 Å². The molecule has 1 rings (SSSR count). The Bertz CT molecular complexity index is 368. The van der Waals surface area contributed by atoms with Crippen LogP contribution in [0.4, 0.5) is 0 Å². The van der Waals surface area contributed by atoms with Crippen molar-refractivity contribution in [1.82, 2.24) is 0 Å². The fraction of sp³-hybridized carbons (Fsp3) is 0.222. The standard InChI is InChI=1S/C9H7BrClIO2/c1-14-8-3-5(11)2-6(9(8)12)7(13)4-10/h2-3H,4H2,1H3. The summed E-state index contributed by atoms with van der Waals surface area (Å²) in [5.41, 5.74) is 0.590. The Morgan fingerprint density at radius 3 is 2.79 bits per heavy atom. The molecule has 1 aromatic carbocycles. The number of ketones is 1. The Labute approximate surface area is 109 Å². The molecular weight excluding hydrogens is 382 g/mol. The molecule has 0 aliphatic rings. The number of ether oxygens (including phenoxy) is 1. The van der Waals surface area contributed by atoms with Crippen LogP contribution in [0.1, 0.15) is 10.4 Å². The van der Waals surface area contributed by atoms with Gasteiger partial charge >= 0.3 is 0 Å². The number of benzene rings is 1. The molecule has 0 aromatic heterocycles. The Morgan fingerprint density at radius 2 is 2.29 bits per heavy atom. The Morgan fingerprint density at radius 1 is 1.64 bits per heavy atom. The lowest BCUT2D eigenvalue weighted by atomic mass is 10.1. The second-order valence-electron chi connectivity index (χ2n) is 2.53. The van der Waals surface area contributed by atoms with E-state index < -0.39 is 0 Å². The molecule has 2 nitrogen and oxygen atoms in total. The second-order valence-corrected chi connectivity index (χ2v) is 4.60. The van der Waals surface area contributed by atoms with Crippen LogP contribution < -0.4 is 4.74 Å². The van der Waals surface area contributed by atoms with Gasteiger partial charge in [0.25, 0.3) is 0 Å². The zero-order valence-corrected chi connectivity index (χ0v) is 11.8. The normalized spacial score (nSPS) is 10.0. The van der Waals surface area contributed by atoms with Gasteiger partial charge in [-0.1, -0.05) is 27.5 Å². The van der Waals surface area contributed by atoms with Gasteiger partial charge in [0.05, 0.1) is 16.0 Å². The average Bonchev–Trinajstić information content (AvgIpc) is 2.19. The molecule has 0 bridgehead atoms. The first-order chi connectivity index (χ1) is 6.60. The number of hydrogen-bond acceptors (Lipinski definition) is 2. The third-order valence-electron chi connectivity index (χ3n) is 1.65. The number of hydrogen-bond donors (Lipinski definition) is 0. The van der Waals surface area contributed by atoms with Crippen molar-refractivity contribution in [3.05, 3.63) is 26.3 Å². The summed E-state index contributed by atoms with van der Waals surface area (Å²) in [6.07, 6.45) is 0. The summed E-state index contributed by atoms with van der Waals surface area (Å²) in [5, 5.41) is 0.790. The van der Waals surface area contributed by atoms with Crippen LogP contribution in [0.25, 0.3) is 0 Å². The van der Waals surface area contributed by atoms with Crippen LogP contribution in [-0.2, 0) is 0 Å². The van der Waals surface area contributed by atoms with Crippen LogP contribution in [0.5, 0.6) is 5.75 Å². The SMILES string of the molecule is COc1cc(Cl)cc(C(=O)CBr)c1I. The molecule has 0 saturated heterocycles. The third-order valence-corrected chi connectivity index (χ3v) is 3.49. The molecular formula is C9H7BrClIO2. The summed E-state index contributed by atoms with van der Waals surface area (Å²) in [4.78, 5) is 11.5. The van der Waals surface area contributed by atoms with Crippen molar-refractivity contribution in [1.29, 1.82) is 0 Å². The minimum atomic E-state index is -0.00444. The van der Waals surface area contributed by atoms with E-state index in [1.165, 1.54) is 0 Å². The van der Waals surface area contributed by atoms with Gasteiger partial charge in [0.2, 0.25) is 0 Å². The van der Waals surface area contributed by atoms with E-state index in [-0.39, 0.29) is 11.1 Å². The van der Waals surface area contributed by atoms with Crippen molar-refractivity contribution in [2.75, 3.05) is 12.4 Å². The molecule has 0 fully saturated rings. The van der Waals surface area contributed by atoms with E-state index >= 15 is 0 Å². The summed E-state index contributed by atoms with van der Waals surface area (Å²) in [6, 6.07) is 3.34. The van der Waals surface area contributed by atoms with Crippen LogP contribution in [-0.4, -0.2) is 18.2 Å². The molecule has 0 unspecified atom stereocenters. The van der Waals surface area contributed by atoms with E-state index in [1.807, 2.05) is 0 Å². The first-order valence-electron chi connectivity index (χ1n) is 3.72.